The van der Waals surface area contributed by atoms with Gasteiger partial charge in [0, 0.05) is 11.2 Å². The maximum Gasteiger partial charge on any atom is 0.141 e. The third kappa shape index (κ3) is 1.33. The molecule has 0 aliphatic carbocycles. The van der Waals surface area contributed by atoms with Crippen molar-refractivity contribution in [1.82, 2.24) is 20.2 Å². The summed E-state index contributed by atoms with van der Waals surface area (Å²) in [4.78, 5) is 7.54. The zero-order valence-electron chi connectivity index (χ0n) is 8.16. The van der Waals surface area contributed by atoms with Crippen molar-refractivity contribution in [3.63, 3.8) is 0 Å². The molecular formula is C10H8ClN5. The second kappa shape index (κ2) is 3.24. The summed E-state index contributed by atoms with van der Waals surface area (Å²) < 4.78 is 0. The zero-order valence-corrected chi connectivity index (χ0v) is 8.92. The van der Waals surface area contributed by atoms with Crippen molar-refractivity contribution < 1.29 is 0 Å². The number of fused-ring (bicyclic) bond motifs is 1. The van der Waals surface area contributed by atoms with E-state index >= 15 is 0 Å². The lowest BCUT2D eigenvalue weighted by Crippen LogP contribution is -1.86. The standard InChI is InChI=1S/C10H8ClN5/c11-6-1-7(12)9-8(2-6)15-10(16-9)5-3-13-14-4-5/h1-4H,12H2,(H,13,14)(H,15,16). The Bertz CT molecular complexity index is 641. The summed E-state index contributed by atoms with van der Waals surface area (Å²) in [6, 6.07) is 3.48. The number of nitrogen functional groups attached to an aromatic ring is 1. The van der Waals surface area contributed by atoms with Crippen molar-refractivity contribution in [3.05, 3.63) is 29.5 Å². The molecule has 0 unspecified atom stereocenters. The highest BCUT2D eigenvalue weighted by Crippen LogP contribution is 2.26. The van der Waals surface area contributed by atoms with Crippen LogP contribution in [0.15, 0.2) is 24.5 Å². The van der Waals surface area contributed by atoms with Crippen molar-refractivity contribution in [2.75, 3.05) is 5.73 Å². The number of halogens is 1. The molecule has 2 aromatic heterocycles. The number of hydrogen-bond donors (Lipinski definition) is 3. The smallest absolute Gasteiger partial charge is 0.141 e. The Labute approximate surface area is 95.6 Å². The molecule has 6 heteroatoms. The predicted octanol–water partition coefficient (Wildman–Crippen LogP) is 2.19. The Morgan fingerprint density at radius 1 is 1.31 bits per heavy atom. The second-order valence-corrected chi connectivity index (χ2v) is 3.90. The molecule has 3 rings (SSSR count). The number of nitrogens with zero attached hydrogens (tertiary/aromatic N) is 2. The van der Waals surface area contributed by atoms with Crippen molar-refractivity contribution in [2.24, 2.45) is 0 Å². The van der Waals surface area contributed by atoms with Gasteiger partial charge in [0.1, 0.15) is 11.3 Å². The van der Waals surface area contributed by atoms with Gasteiger partial charge >= 0.3 is 0 Å². The number of hydrogen-bond acceptors (Lipinski definition) is 3. The molecular weight excluding hydrogens is 226 g/mol. The van der Waals surface area contributed by atoms with Crippen LogP contribution in [0.1, 0.15) is 0 Å². The Morgan fingerprint density at radius 2 is 2.19 bits per heavy atom. The Balaban J connectivity index is 2.27. The molecule has 0 saturated heterocycles. The highest BCUT2D eigenvalue weighted by atomic mass is 35.5. The highest BCUT2D eigenvalue weighted by molar-refractivity contribution is 6.31. The number of aromatic amines is 2. The monoisotopic (exact) mass is 233 g/mol. The number of rotatable bonds is 1. The molecule has 4 N–H and O–H groups in total. The fourth-order valence-electron chi connectivity index (χ4n) is 1.62. The molecule has 0 fully saturated rings. The quantitative estimate of drug-likeness (QED) is 0.564. The van der Waals surface area contributed by atoms with Crippen LogP contribution in [-0.2, 0) is 0 Å². The van der Waals surface area contributed by atoms with Crippen molar-refractivity contribution in [3.8, 4) is 11.4 Å². The average molecular weight is 234 g/mol. The normalized spacial score (nSPS) is 11.1. The van der Waals surface area contributed by atoms with E-state index in [2.05, 4.69) is 20.2 Å². The van der Waals surface area contributed by atoms with E-state index in [9.17, 15) is 0 Å². The van der Waals surface area contributed by atoms with E-state index in [4.69, 9.17) is 17.3 Å². The van der Waals surface area contributed by atoms with Crippen LogP contribution in [0.5, 0.6) is 0 Å². The molecule has 80 valence electrons. The number of aromatic nitrogens is 4. The molecule has 0 saturated carbocycles. The lowest BCUT2D eigenvalue weighted by atomic mass is 10.3. The van der Waals surface area contributed by atoms with Gasteiger partial charge in [-0.2, -0.15) is 5.10 Å². The van der Waals surface area contributed by atoms with Gasteiger partial charge in [-0.25, -0.2) is 4.98 Å². The third-order valence-corrected chi connectivity index (χ3v) is 2.57. The van der Waals surface area contributed by atoms with E-state index in [0.29, 0.717) is 10.7 Å². The Morgan fingerprint density at radius 3 is 2.94 bits per heavy atom. The van der Waals surface area contributed by atoms with Gasteiger partial charge in [-0.1, -0.05) is 11.6 Å². The van der Waals surface area contributed by atoms with Crippen molar-refractivity contribution in [1.29, 1.82) is 0 Å². The van der Waals surface area contributed by atoms with Crippen LogP contribution in [0, 0.1) is 0 Å². The molecule has 0 aliphatic heterocycles. The number of imidazole rings is 1. The number of nitrogens with one attached hydrogen (secondary N) is 2. The van der Waals surface area contributed by atoms with Gasteiger partial charge in [0.25, 0.3) is 0 Å². The summed E-state index contributed by atoms with van der Waals surface area (Å²) in [6.07, 6.45) is 3.45. The maximum absolute atomic E-state index is 5.91. The van der Waals surface area contributed by atoms with Crippen LogP contribution in [0.25, 0.3) is 22.4 Å². The number of H-pyrrole nitrogens is 2. The summed E-state index contributed by atoms with van der Waals surface area (Å²) in [7, 11) is 0. The largest absolute Gasteiger partial charge is 0.397 e. The lowest BCUT2D eigenvalue weighted by Gasteiger charge is -1.94. The van der Waals surface area contributed by atoms with E-state index < -0.39 is 0 Å². The fraction of sp³-hybridized carbons (Fsp3) is 0. The Kier molecular flexibility index (Phi) is 1.87. The van der Waals surface area contributed by atoms with Gasteiger partial charge in [-0.3, -0.25) is 5.10 Å². The summed E-state index contributed by atoms with van der Waals surface area (Å²) in [6.45, 7) is 0. The summed E-state index contributed by atoms with van der Waals surface area (Å²) in [5, 5.41) is 7.19. The minimum atomic E-state index is 0.563. The van der Waals surface area contributed by atoms with Crippen LogP contribution >= 0.6 is 11.6 Å². The van der Waals surface area contributed by atoms with Crippen LogP contribution in [0.2, 0.25) is 5.02 Å². The van der Waals surface area contributed by atoms with Gasteiger partial charge in [-0.05, 0) is 12.1 Å². The van der Waals surface area contributed by atoms with E-state index in [-0.39, 0.29) is 0 Å². The van der Waals surface area contributed by atoms with Gasteiger partial charge in [0.05, 0.1) is 23.0 Å². The van der Waals surface area contributed by atoms with Gasteiger partial charge in [-0.15, -0.1) is 0 Å². The van der Waals surface area contributed by atoms with Gasteiger partial charge in [0.15, 0.2) is 0 Å². The minimum Gasteiger partial charge on any atom is -0.397 e. The molecule has 0 spiro atoms. The van der Waals surface area contributed by atoms with Crippen LogP contribution in [-0.4, -0.2) is 20.2 Å². The predicted molar refractivity (Wildman–Crippen MR) is 63.1 cm³/mol. The first-order valence-electron chi connectivity index (χ1n) is 4.68. The van der Waals surface area contributed by atoms with E-state index in [0.717, 1.165) is 22.4 Å². The third-order valence-electron chi connectivity index (χ3n) is 2.35. The Hall–Kier alpha value is -2.01. The molecule has 0 atom stereocenters. The molecule has 0 radical (unpaired) electrons. The van der Waals surface area contributed by atoms with Gasteiger partial charge in [0.2, 0.25) is 0 Å². The van der Waals surface area contributed by atoms with E-state index in [1.807, 2.05) is 0 Å². The zero-order chi connectivity index (χ0) is 11.1. The first-order chi connectivity index (χ1) is 7.74. The number of benzene rings is 1. The number of nitrogens with two attached hydrogens (primary N) is 1. The molecule has 1 aromatic carbocycles. The number of anilines is 1. The summed E-state index contributed by atoms with van der Waals surface area (Å²) >= 11 is 5.91. The molecule has 0 bridgehead atoms. The maximum atomic E-state index is 5.91. The first kappa shape index (κ1) is 9.23. The van der Waals surface area contributed by atoms with Crippen molar-refractivity contribution in [2.45, 2.75) is 0 Å². The lowest BCUT2D eigenvalue weighted by molar-refractivity contribution is 1.09. The second-order valence-electron chi connectivity index (χ2n) is 3.46. The van der Waals surface area contributed by atoms with Crippen LogP contribution in [0.3, 0.4) is 0 Å². The SMILES string of the molecule is Nc1cc(Cl)cc2[nH]c(-c3cn[nH]c3)nc12. The summed E-state index contributed by atoms with van der Waals surface area (Å²) in [5.74, 6) is 0.720. The molecule has 2 heterocycles. The van der Waals surface area contributed by atoms with Crippen LogP contribution < -0.4 is 5.73 Å². The van der Waals surface area contributed by atoms with E-state index in [1.54, 1.807) is 24.5 Å². The minimum absolute atomic E-state index is 0.563. The first-order valence-corrected chi connectivity index (χ1v) is 5.06. The topological polar surface area (TPSA) is 83.4 Å². The molecule has 16 heavy (non-hydrogen) atoms. The highest BCUT2D eigenvalue weighted by Gasteiger charge is 2.09. The molecule has 0 aliphatic rings. The molecule has 5 nitrogen and oxygen atoms in total. The molecule has 0 amide bonds. The average Bonchev–Trinajstić information content (AvgIpc) is 2.82. The fourth-order valence-corrected chi connectivity index (χ4v) is 1.85. The van der Waals surface area contributed by atoms with Crippen molar-refractivity contribution >= 4 is 28.3 Å². The molecule has 3 aromatic rings. The summed E-state index contributed by atoms with van der Waals surface area (Å²) in [5.41, 5.74) is 8.82. The van der Waals surface area contributed by atoms with Gasteiger partial charge < -0.3 is 10.7 Å². The van der Waals surface area contributed by atoms with Crippen LogP contribution in [0.4, 0.5) is 5.69 Å². The van der Waals surface area contributed by atoms with E-state index in [1.165, 1.54) is 0 Å².